The van der Waals surface area contributed by atoms with Crippen LogP contribution in [0.15, 0.2) is 66.2 Å². The summed E-state index contributed by atoms with van der Waals surface area (Å²) in [4.78, 5) is 15.6. The van der Waals surface area contributed by atoms with Crippen molar-refractivity contribution in [3.8, 4) is 11.6 Å². The number of benzene rings is 1. The summed E-state index contributed by atoms with van der Waals surface area (Å²) < 4.78 is 32.7. The minimum atomic E-state index is -3.58. The number of ether oxygens (including phenoxy) is 1. The summed E-state index contributed by atoms with van der Waals surface area (Å²) in [5.74, 6) is 0.718. The van der Waals surface area contributed by atoms with Gasteiger partial charge < -0.3 is 10.1 Å². The molecule has 3 rings (SSSR count). The van der Waals surface area contributed by atoms with Crippen LogP contribution in [-0.4, -0.2) is 42.7 Å². The summed E-state index contributed by atoms with van der Waals surface area (Å²) in [6.07, 6.45) is 3.98. The van der Waals surface area contributed by atoms with Crippen LogP contribution in [0.3, 0.4) is 0 Å². The van der Waals surface area contributed by atoms with Gasteiger partial charge in [-0.3, -0.25) is 4.79 Å². The second kappa shape index (κ2) is 8.32. The molecule has 1 fully saturated rings. The van der Waals surface area contributed by atoms with Gasteiger partial charge in [0.2, 0.25) is 21.8 Å². The molecule has 0 spiro atoms. The second-order valence-electron chi connectivity index (χ2n) is 6.13. The quantitative estimate of drug-likeness (QED) is 0.769. The van der Waals surface area contributed by atoms with Crippen molar-refractivity contribution < 1.29 is 17.9 Å². The Morgan fingerprint density at radius 2 is 1.89 bits per heavy atom. The number of rotatable bonds is 6. The summed E-state index contributed by atoms with van der Waals surface area (Å²) in [6, 6.07) is 11.6. The topological polar surface area (TPSA) is 88.6 Å². The molecule has 0 atom stereocenters. The van der Waals surface area contributed by atoms with Gasteiger partial charge in [0.1, 0.15) is 5.75 Å². The molecule has 27 heavy (non-hydrogen) atoms. The van der Waals surface area contributed by atoms with Crippen LogP contribution in [0.25, 0.3) is 0 Å². The zero-order valence-electron chi connectivity index (χ0n) is 14.7. The van der Waals surface area contributed by atoms with Gasteiger partial charge in [0.05, 0.1) is 4.90 Å². The standard InChI is InChI=1S/C19H21N3O4S/c1-2-18(23)21-15-10-13-22(14-11-15)27(24,25)17-8-6-16(7-9-17)26-19-5-3-4-12-20-19/h2-9,12,15H,1,10-11,13-14H2,(H,21,23). The Morgan fingerprint density at radius 1 is 1.19 bits per heavy atom. The Balaban J connectivity index is 1.63. The Labute approximate surface area is 158 Å². The molecule has 0 saturated carbocycles. The van der Waals surface area contributed by atoms with Crippen LogP contribution in [0.2, 0.25) is 0 Å². The van der Waals surface area contributed by atoms with Crippen molar-refractivity contribution >= 4 is 15.9 Å². The predicted molar refractivity (Wildman–Crippen MR) is 101 cm³/mol. The monoisotopic (exact) mass is 387 g/mol. The summed E-state index contributed by atoms with van der Waals surface area (Å²) >= 11 is 0. The van der Waals surface area contributed by atoms with E-state index in [4.69, 9.17) is 4.74 Å². The van der Waals surface area contributed by atoms with E-state index in [-0.39, 0.29) is 16.8 Å². The normalized spacial score (nSPS) is 15.9. The number of hydrogen-bond donors (Lipinski definition) is 1. The molecule has 1 saturated heterocycles. The molecule has 2 aromatic rings. The van der Waals surface area contributed by atoms with Crippen molar-refractivity contribution in [2.24, 2.45) is 0 Å². The number of sulfonamides is 1. The van der Waals surface area contributed by atoms with E-state index in [0.29, 0.717) is 37.6 Å². The van der Waals surface area contributed by atoms with Crippen LogP contribution < -0.4 is 10.1 Å². The van der Waals surface area contributed by atoms with Crippen molar-refractivity contribution in [2.45, 2.75) is 23.8 Å². The largest absolute Gasteiger partial charge is 0.439 e. The summed E-state index contributed by atoms with van der Waals surface area (Å²) in [6.45, 7) is 4.14. The van der Waals surface area contributed by atoms with Crippen molar-refractivity contribution in [3.63, 3.8) is 0 Å². The number of nitrogens with zero attached hydrogens (tertiary/aromatic N) is 2. The van der Waals surface area contributed by atoms with Gasteiger partial charge in [-0.15, -0.1) is 0 Å². The van der Waals surface area contributed by atoms with Gasteiger partial charge in [0.15, 0.2) is 0 Å². The van der Waals surface area contributed by atoms with Gasteiger partial charge in [-0.2, -0.15) is 4.31 Å². The van der Waals surface area contributed by atoms with Crippen molar-refractivity contribution in [1.29, 1.82) is 0 Å². The van der Waals surface area contributed by atoms with Crippen molar-refractivity contribution in [1.82, 2.24) is 14.6 Å². The number of hydrogen-bond acceptors (Lipinski definition) is 5. The van der Waals surface area contributed by atoms with Crippen LogP contribution >= 0.6 is 0 Å². The van der Waals surface area contributed by atoms with E-state index in [1.807, 2.05) is 6.07 Å². The van der Waals surface area contributed by atoms with Gasteiger partial charge in [0.25, 0.3) is 0 Å². The van der Waals surface area contributed by atoms with E-state index in [2.05, 4.69) is 16.9 Å². The SMILES string of the molecule is C=CC(=O)NC1CCN(S(=O)(=O)c2ccc(Oc3ccccn3)cc2)CC1. The number of pyridine rings is 1. The molecule has 1 aliphatic rings. The van der Waals surface area contributed by atoms with E-state index in [9.17, 15) is 13.2 Å². The summed E-state index contributed by atoms with van der Waals surface area (Å²) in [7, 11) is -3.58. The van der Waals surface area contributed by atoms with Crippen molar-refractivity contribution in [2.75, 3.05) is 13.1 Å². The van der Waals surface area contributed by atoms with E-state index < -0.39 is 10.0 Å². The number of carbonyl (C=O) groups is 1. The Kier molecular flexibility index (Phi) is 5.88. The fourth-order valence-electron chi connectivity index (χ4n) is 2.86. The highest BCUT2D eigenvalue weighted by Crippen LogP contribution is 2.25. The number of nitrogens with one attached hydrogen (secondary N) is 1. The van der Waals surface area contributed by atoms with Gasteiger partial charge in [-0.05, 0) is 49.2 Å². The van der Waals surface area contributed by atoms with Gasteiger partial charge in [0, 0.05) is 31.4 Å². The Bertz CT molecular complexity index is 890. The minimum Gasteiger partial charge on any atom is -0.439 e. The fraction of sp³-hybridized carbons (Fsp3) is 0.263. The molecule has 7 nitrogen and oxygen atoms in total. The molecule has 2 heterocycles. The first-order chi connectivity index (χ1) is 13.0. The fourth-order valence-corrected chi connectivity index (χ4v) is 4.33. The molecule has 0 bridgehead atoms. The van der Waals surface area contributed by atoms with Gasteiger partial charge >= 0.3 is 0 Å². The number of piperidine rings is 1. The van der Waals surface area contributed by atoms with Crippen molar-refractivity contribution in [3.05, 3.63) is 61.3 Å². The Hall–Kier alpha value is -2.71. The first-order valence-corrected chi connectivity index (χ1v) is 10.0. The summed E-state index contributed by atoms with van der Waals surface area (Å²) in [5.41, 5.74) is 0. The average Bonchev–Trinajstić information content (AvgIpc) is 2.69. The minimum absolute atomic E-state index is 0.0314. The number of carbonyl (C=O) groups excluding carboxylic acids is 1. The number of aromatic nitrogens is 1. The molecule has 1 aliphatic heterocycles. The van der Waals surface area contributed by atoms with Crippen LogP contribution in [0.5, 0.6) is 11.6 Å². The van der Waals surface area contributed by atoms with Crippen LogP contribution in [0.4, 0.5) is 0 Å². The molecule has 0 unspecified atom stereocenters. The molecule has 8 heteroatoms. The molecule has 1 N–H and O–H groups in total. The third-order valence-corrected chi connectivity index (χ3v) is 6.22. The zero-order valence-corrected chi connectivity index (χ0v) is 15.6. The lowest BCUT2D eigenvalue weighted by atomic mass is 10.1. The molecular formula is C19H21N3O4S. The molecule has 1 amide bonds. The number of amides is 1. The maximum atomic E-state index is 12.8. The maximum Gasteiger partial charge on any atom is 0.243 e. The molecule has 142 valence electrons. The van der Waals surface area contributed by atoms with Crippen LogP contribution in [0.1, 0.15) is 12.8 Å². The highest BCUT2D eigenvalue weighted by atomic mass is 32.2. The van der Waals surface area contributed by atoms with Crippen LogP contribution in [0, 0.1) is 0 Å². The average molecular weight is 387 g/mol. The first-order valence-electron chi connectivity index (χ1n) is 8.61. The molecule has 0 radical (unpaired) electrons. The van der Waals surface area contributed by atoms with E-state index in [0.717, 1.165) is 0 Å². The van der Waals surface area contributed by atoms with Gasteiger partial charge in [-0.25, -0.2) is 13.4 Å². The van der Waals surface area contributed by atoms with E-state index in [1.165, 1.54) is 22.5 Å². The predicted octanol–water partition coefficient (Wildman–Crippen LogP) is 2.33. The Morgan fingerprint density at radius 3 is 2.48 bits per heavy atom. The lowest BCUT2D eigenvalue weighted by molar-refractivity contribution is -0.117. The molecule has 0 aliphatic carbocycles. The second-order valence-corrected chi connectivity index (χ2v) is 8.07. The zero-order chi connectivity index (χ0) is 19.3. The third-order valence-electron chi connectivity index (χ3n) is 4.31. The summed E-state index contributed by atoms with van der Waals surface area (Å²) in [5, 5.41) is 2.81. The van der Waals surface area contributed by atoms with E-state index in [1.54, 1.807) is 30.5 Å². The smallest absolute Gasteiger partial charge is 0.243 e. The molecular weight excluding hydrogens is 366 g/mol. The maximum absolute atomic E-state index is 12.8. The molecule has 1 aromatic carbocycles. The first kappa shape index (κ1) is 19.1. The van der Waals surface area contributed by atoms with Gasteiger partial charge in [-0.1, -0.05) is 12.6 Å². The van der Waals surface area contributed by atoms with E-state index >= 15 is 0 Å². The molecule has 1 aromatic heterocycles. The highest BCUT2D eigenvalue weighted by Gasteiger charge is 2.29. The highest BCUT2D eigenvalue weighted by molar-refractivity contribution is 7.89. The van der Waals surface area contributed by atoms with Crippen LogP contribution in [-0.2, 0) is 14.8 Å². The lowest BCUT2D eigenvalue weighted by Crippen LogP contribution is -2.46. The third kappa shape index (κ3) is 4.72. The lowest BCUT2D eigenvalue weighted by Gasteiger charge is -2.31.